The quantitative estimate of drug-likeness (QED) is 0.866. The number of rotatable bonds is 4. The molecule has 2 aromatic rings. The number of hydrogen-bond acceptors (Lipinski definition) is 2. The fourth-order valence-corrected chi connectivity index (χ4v) is 3.07. The molecule has 1 aliphatic rings. The normalized spacial score (nSPS) is 16.4. The Kier molecular flexibility index (Phi) is 5.09. The van der Waals surface area contributed by atoms with Crippen molar-refractivity contribution >= 4 is 5.91 Å². The molecule has 1 amide bonds. The van der Waals surface area contributed by atoms with Crippen LogP contribution in [0.2, 0.25) is 0 Å². The first-order valence-electron chi connectivity index (χ1n) is 8.31. The van der Waals surface area contributed by atoms with E-state index in [-0.39, 0.29) is 5.91 Å². The second-order valence-electron chi connectivity index (χ2n) is 6.25. The zero-order valence-corrected chi connectivity index (χ0v) is 13.7. The minimum Gasteiger partial charge on any atom is -0.337 e. The van der Waals surface area contributed by atoms with Gasteiger partial charge in [0.25, 0.3) is 0 Å². The van der Waals surface area contributed by atoms with Gasteiger partial charge in [-0.1, -0.05) is 54.6 Å². The van der Waals surface area contributed by atoms with Gasteiger partial charge in [-0.2, -0.15) is 0 Å². The highest BCUT2D eigenvalue weighted by Crippen LogP contribution is 2.15. The predicted octanol–water partition coefficient (Wildman–Crippen LogP) is 3.23. The van der Waals surface area contributed by atoms with E-state index in [4.69, 9.17) is 0 Å². The van der Waals surface area contributed by atoms with E-state index in [0.717, 1.165) is 32.7 Å². The van der Waals surface area contributed by atoms with E-state index in [0.29, 0.717) is 6.42 Å². The molecule has 0 aliphatic carbocycles. The third-order valence-electron chi connectivity index (χ3n) is 4.55. The van der Waals surface area contributed by atoms with Crippen molar-refractivity contribution in [3.8, 4) is 0 Å². The molecule has 120 valence electrons. The Labute approximate surface area is 138 Å². The van der Waals surface area contributed by atoms with Crippen LogP contribution in [0, 0.1) is 6.92 Å². The zero-order chi connectivity index (χ0) is 16.1. The summed E-state index contributed by atoms with van der Waals surface area (Å²) < 4.78 is 0. The van der Waals surface area contributed by atoms with E-state index in [1.165, 1.54) is 16.7 Å². The number of carbonyl (C=O) groups is 1. The smallest absolute Gasteiger partial charge is 0.224 e. The maximum absolute atomic E-state index is 12.4. The van der Waals surface area contributed by atoms with Crippen LogP contribution >= 0.6 is 0 Å². The van der Waals surface area contributed by atoms with Gasteiger partial charge in [0.15, 0.2) is 0 Å². The molecule has 0 bridgehead atoms. The van der Waals surface area contributed by atoms with Crippen LogP contribution < -0.4 is 0 Å². The number of nitrogens with zero attached hydrogens (tertiary/aromatic N) is 2. The second-order valence-corrected chi connectivity index (χ2v) is 6.25. The van der Waals surface area contributed by atoms with Gasteiger partial charge in [0.2, 0.25) is 5.91 Å². The predicted molar refractivity (Wildman–Crippen MR) is 92.9 cm³/mol. The molecule has 0 unspecified atom stereocenters. The summed E-state index contributed by atoms with van der Waals surface area (Å²) in [5.41, 5.74) is 3.82. The Hall–Kier alpha value is -2.13. The van der Waals surface area contributed by atoms with E-state index in [2.05, 4.69) is 48.2 Å². The van der Waals surface area contributed by atoms with Crippen LogP contribution in [0.1, 0.15) is 23.1 Å². The molecular weight excluding hydrogens is 284 g/mol. The summed E-state index contributed by atoms with van der Waals surface area (Å²) in [6.07, 6.45) is 0.610. The molecule has 0 atom stereocenters. The average Bonchev–Trinajstić information content (AvgIpc) is 2.74. The Morgan fingerprint density at radius 1 is 0.870 bits per heavy atom. The Morgan fingerprint density at radius 2 is 1.61 bits per heavy atom. The molecule has 1 saturated heterocycles. The summed E-state index contributed by atoms with van der Waals surface area (Å²) in [7, 11) is 0. The maximum atomic E-state index is 12.4. The molecule has 1 heterocycles. The first-order chi connectivity index (χ1) is 11.2. The minimum absolute atomic E-state index is 0.267. The van der Waals surface area contributed by atoms with Crippen molar-refractivity contribution in [2.24, 2.45) is 0 Å². The highest BCUT2D eigenvalue weighted by atomic mass is 16.2. The van der Waals surface area contributed by atoms with Crippen LogP contribution in [0.3, 0.4) is 0 Å². The summed E-state index contributed by atoms with van der Waals surface area (Å²) >= 11 is 0. The monoisotopic (exact) mass is 308 g/mol. The summed E-state index contributed by atoms with van der Waals surface area (Å²) in [6.45, 7) is 6.35. The molecule has 23 heavy (non-hydrogen) atoms. The molecule has 0 aromatic heterocycles. The van der Waals surface area contributed by atoms with Gasteiger partial charge in [-0.15, -0.1) is 0 Å². The largest absolute Gasteiger partial charge is 0.337 e. The summed E-state index contributed by atoms with van der Waals surface area (Å²) in [5.74, 6) is 0.267. The highest BCUT2D eigenvalue weighted by molar-refractivity contribution is 5.76. The minimum atomic E-state index is 0.267. The molecular formula is C20H24N2O. The van der Waals surface area contributed by atoms with Crippen LogP contribution in [0.15, 0.2) is 54.6 Å². The molecule has 0 radical (unpaired) electrons. The number of carbonyl (C=O) groups excluding carboxylic acids is 1. The van der Waals surface area contributed by atoms with Crippen LogP contribution in [0.4, 0.5) is 0 Å². The topological polar surface area (TPSA) is 23.6 Å². The van der Waals surface area contributed by atoms with E-state index in [9.17, 15) is 4.79 Å². The summed E-state index contributed by atoms with van der Waals surface area (Å²) in [5, 5.41) is 0. The van der Waals surface area contributed by atoms with Gasteiger partial charge in [-0.25, -0.2) is 0 Å². The third kappa shape index (κ3) is 4.20. The molecule has 3 nitrogen and oxygen atoms in total. The molecule has 2 aromatic carbocycles. The van der Waals surface area contributed by atoms with Crippen LogP contribution in [0.25, 0.3) is 0 Å². The van der Waals surface area contributed by atoms with Gasteiger partial charge < -0.3 is 4.90 Å². The highest BCUT2D eigenvalue weighted by Gasteiger charge is 2.21. The van der Waals surface area contributed by atoms with Crippen molar-refractivity contribution in [2.75, 3.05) is 19.6 Å². The number of benzene rings is 2. The van der Waals surface area contributed by atoms with E-state index < -0.39 is 0 Å². The Morgan fingerprint density at radius 3 is 2.39 bits per heavy atom. The lowest BCUT2D eigenvalue weighted by Gasteiger charge is -2.23. The molecule has 0 saturated carbocycles. The first-order valence-corrected chi connectivity index (χ1v) is 8.31. The fraction of sp³-hybridized carbons (Fsp3) is 0.350. The number of hydrogen-bond donors (Lipinski definition) is 0. The zero-order valence-electron chi connectivity index (χ0n) is 13.7. The van der Waals surface area contributed by atoms with Crippen LogP contribution in [0.5, 0.6) is 0 Å². The molecule has 0 N–H and O–H groups in total. The standard InChI is InChI=1S/C20H24N2O/c1-17-7-5-6-10-19(17)16-22-14-13-21(12-11-20(22)23)15-18-8-3-2-4-9-18/h2-10H,11-16H2,1H3. The van der Waals surface area contributed by atoms with Gasteiger partial charge in [0.05, 0.1) is 0 Å². The first kappa shape index (κ1) is 15.8. The fourth-order valence-electron chi connectivity index (χ4n) is 3.07. The average molecular weight is 308 g/mol. The summed E-state index contributed by atoms with van der Waals surface area (Å²) in [4.78, 5) is 16.8. The Balaban J connectivity index is 1.62. The van der Waals surface area contributed by atoms with Gasteiger partial charge >= 0.3 is 0 Å². The van der Waals surface area contributed by atoms with Crippen molar-refractivity contribution in [3.05, 3.63) is 71.3 Å². The lowest BCUT2D eigenvalue weighted by molar-refractivity contribution is -0.130. The van der Waals surface area contributed by atoms with Crippen LogP contribution in [-0.4, -0.2) is 35.3 Å². The molecule has 1 aliphatic heterocycles. The molecule has 3 rings (SSSR count). The molecule has 3 heteroatoms. The maximum Gasteiger partial charge on any atom is 0.224 e. The molecule has 0 spiro atoms. The lowest BCUT2D eigenvalue weighted by Crippen LogP contribution is -2.32. The van der Waals surface area contributed by atoms with Gasteiger partial charge in [-0.05, 0) is 23.6 Å². The van der Waals surface area contributed by atoms with Gasteiger partial charge in [0, 0.05) is 39.1 Å². The van der Waals surface area contributed by atoms with Crippen molar-refractivity contribution < 1.29 is 4.79 Å². The summed E-state index contributed by atoms with van der Waals surface area (Å²) in [6, 6.07) is 18.8. The van der Waals surface area contributed by atoms with Crippen molar-refractivity contribution in [3.63, 3.8) is 0 Å². The second kappa shape index (κ2) is 7.42. The van der Waals surface area contributed by atoms with Crippen molar-refractivity contribution in [2.45, 2.75) is 26.4 Å². The number of amides is 1. The van der Waals surface area contributed by atoms with E-state index in [1.54, 1.807) is 0 Å². The molecule has 1 fully saturated rings. The SMILES string of the molecule is Cc1ccccc1CN1CCN(Cc2ccccc2)CCC1=O. The lowest BCUT2D eigenvalue weighted by atomic mass is 10.1. The van der Waals surface area contributed by atoms with E-state index >= 15 is 0 Å². The Bertz CT molecular complexity index is 654. The van der Waals surface area contributed by atoms with Gasteiger partial charge in [0.1, 0.15) is 0 Å². The van der Waals surface area contributed by atoms with Crippen molar-refractivity contribution in [1.29, 1.82) is 0 Å². The van der Waals surface area contributed by atoms with Gasteiger partial charge in [-0.3, -0.25) is 9.69 Å². The van der Waals surface area contributed by atoms with Crippen molar-refractivity contribution in [1.82, 2.24) is 9.80 Å². The number of aryl methyl sites for hydroxylation is 1. The van der Waals surface area contributed by atoms with Crippen LogP contribution in [-0.2, 0) is 17.9 Å². The third-order valence-corrected chi connectivity index (χ3v) is 4.55. The van der Waals surface area contributed by atoms with E-state index in [1.807, 2.05) is 23.1 Å².